The van der Waals surface area contributed by atoms with Gasteiger partial charge in [0.15, 0.2) is 5.78 Å². The zero-order valence-corrected chi connectivity index (χ0v) is 14.1. The van der Waals surface area contributed by atoms with Crippen molar-refractivity contribution in [3.05, 3.63) is 74.1 Å². The third kappa shape index (κ3) is 3.57. The predicted molar refractivity (Wildman–Crippen MR) is 94.7 cm³/mol. The summed E-state index contributed by atoms with van der Waals surface area (Å²) in [7, 11) is 0. The topological polar surface area (TPSA) is 30.0 Å². The standard InChI is InChI=1S/C17H12INOS/c18-14-8-4-7-13(9-14)16(20)10-17-19-15(11-21-17)12-5-2-1-3-6-12/h1-9,11H,10H2. The minimum Gasteiger partial charge on any atom is -0.294 e. The molecule has 1 heterocycles. The highest BCUT2D eigenvalue weighted by atomic mass is 127. The molecule has 0 saturated heterocycles. The Hall–Kier alpha value is -1.53. The Morgan fingerprint density at radius 3 is 2.67 bits per heavy atom. The quantitative estimate of drug-likeness (QED) is 0.459. The highest BCUT2D eigenvalue weighted by Crippen LogP contribution is 2.22. The first-order valence-corrected chi connectivity index (χ1v) is 8.47. The lowest BCUT2D eigenvalue weighted by molar-refractivity contribution is 0.0993. The summed E-state index contributed by atoms with van der Waals surface area (Å²) in [5.41, 5.74) is 2.77. The first-order valence-electron chi connectivity index (χ1n) is 6.51. The Bertz CT molecular complexity index is 767. The minimum absolute atomic E-state index is 0.113. The maximum Gasteiger partial charge on any atom is 0.169 e. The highest BCUT2D eigenvalue weighted by Gasteiger charge is 2.11. The van der Waals surface area contributed by atoms with E-state index in [0.29, 0.717) is 6.42 Å². The first-order chi connectivity index (χ1) is 10.2. The van der Waals surface area contributed by atoms with E-state index in [4.69, 9.17) is 0 Å². The average molecular weight is 405 g/mol. The number of carbonyl (C=O) groups excluding carboxylic acids is 1. The molecule has 0 N–H and O–H groups in total. The van der Waals surface area contributed by atoms with Crippen LogP contribution in [0.1, 0.15) is 15.4 Å². The molecular weight excluding hydrogens is 393 g/mol. The highest BCUT2D eigenvalue weighted by molar-refractivity contribution is 14.1. The third-order valence-corrected chi connectivity index (χ3v) is 4.60. The van der Waals surface area contributed by atoms with Crippen LogP contribution in [0.25, 0.3) is 11.3 Å². The number of halogens is 1. The molecule has 0 bridgehead atoms. The Kier molecular flexibility index (Phi) is 4.45. The van der Waals surface area contributed by atoms with Gasteiger partial charge in [-0.1, -0.05) is 42.5 Å². The van der Waals surface area contributed by atoms with Crippen LogP contribution < -0.4 is 0 Å². The molecule has 104 valence electrons. The largest absolute Gasteiger partial charge is 0.294 e. The predicted octanol–water partition coefficient (Wildman–Crippen LogP) is 4.84. The lowest BCUT2D eigenvalue weighted by atomic mass is 10.1. The molecule has 0 unspecified atom stereocenters. The van der Waals surface area contributed by atoms with Crippen LogP contribution in [0.3, 0.4) is 0 Å². The molecular formula is C17H12INOS. The van der Waals surface area contributed by atoms with Gasteiger partial charge in [0.1, 0.15) is 5.01 Å². The SMILES string of the molecule is O=C(Cc1nc(-c2ccccc2)cs1)c1cccc(I)c1. The summed E-state index contributed by atoms with van der Waals surface area (Å²) in [6.45, 7) is 0. The van der Waals surface area contributed by atoms with Crippen LogP contribution in [-0.4, -0.2) is 10.8 Å². The molecule has 2 aromatic carbocycles. The van der Waals surface area contributed by atoms with Gasteiger partial charge in [-0.3, -0.25) is 4.79 Å². The van der Waals surface area contributed by atoms with E-state index in [9.17, 15) is 4.79 Å². The summed E-state index contributed by atoms with van der Waals surface area (Å²) in [6.07, 6.45) is 0.359. The molecule has 0 saturated carbocycles. The van der Waals surface area contributed by atoms with Gasteiger partial charge in [0.2, 0.25) is 0 Å². The number of hydrogen-bond acceptors (Lipinski definition) is 3. The summed E-state index contributed by atoms with van der Waals surface area (Å²) in [5.74, 6) is 0.113. The molecule has 3 aromatic rings. The van der Waals surface area contributed by atoms with Gasteiger partial charge < -0.3 is 0 Å². The van der Waals surface area contributed by atoms with E-state index in [1.54, 1.807) is 0 Å². The Balaban J connectivity index is 1.77. The van der Waals surface area contributed by atoms with E-state index in [0.717, 1.165) is 25.4 Å². The second kappa shape index (κ2) is 6.49. The van der Waals surface area contributed by atoms with Crippen LogP contribution in [0.15, 0.2) is 60.0 Å². The molecule has 0 aliphatic rings. The molecule has 0 spiro atoms. The molecule has 1 aromatic heterocycles. The first kappa shape index (κ1) is 14.4. The Morgan fingerprint density at radius 1 is 1.10 bits per heavy atom. The zero-order chi connectivity index (χ0) is 14.7. The van der Waals surface area contributed by atoms with Gasteiger partial charge in [0.25, 0.3) is 0 Å². The van der Waals surface area contributed by atoms with Crippen LogP contribution in [0.4, 0.5) is 0 Å². The minimum atomic E-state index is 0.113. The lowest BCUT2D eigenvalue weighted by Gasteiger charge is -1.99. The van der Waals surface area contributed by atoms with Crippen molar-refractivity contribution in [2.24, 2.45) is 0 Å². The molecule has 21 heavy (non-hydrogen) atoms. The molecule has 0 atom stereocenters. The van der Waals surface area contributed by atoms with Gasteiger partial charge in [-0.2, -0.15) is 0 Å². The number of nitrogens with zero attached hydrogens (tertiary/aromatic N) is 1. The number of hydrogen-bond donors (Lipinski definition) is 0. The van der Waals surface area contributed by atoms with E-state index in [1.165, 1.54) is 11.3 Å². The van der Waals surface area contributed by atoms with Gasteiger partial charge in [0, 0.05) is 20.1 Å². The number of aromatic nitrogens is 1. The number of benzene rings is 2. The van der Waals surface area contributed by atoms with Crippen LogP contribution >= 0.6 is 33.9 Å². The number of Topliss-reactive ketones (excluding diaryl/α,β-unsaturated/α-hetero) is 1. The number of ketones is 1. The number of carbonyl (C=O) groups is 1. The number of rotatable bonds is 4. The van der Waals surface area contributed by atoms with E-state index in [-0.39, 0.29) is 5.78 Å². The summed E-state index contributed by atoms with van der Waals surface area (Å²) in [6, 6.07) is 17.7. The molecule has 0 fully saturated rings. The molecule has 0 amide bonds. The van der Waals surface area contributed by atoms with Crippen molar-refractivity contribution in [1.82, 2.24) is 4.98 Å². The number of thiazole rings is 1. The molecule has 0 aliphatic carbocycles. The molecule has 4 heteroatoms. The Morgan fingerprint density at radius 2 is 1.90 bits per heavy atom. The fourth-order valence-corrected chi connectivity index (χ4v) is 3.38. The van der Waals surface area contributed by atoms with Gasteiger partial charge >= 0.3 is 0 Å². The maximum atomic E-state index is 12.3. The van der Waals surface area contributed by atoms with Crippen molar-refractivity contribution in [2.45, 2.75) is 6.42 Å². The van der Waals surface area contributed by atoms with E-state index < -0.39 is 0 Å². The van der Waals surface area contributed by atoms with Gasteiger partial charge in [-0.05, 0) is 34.7 Å². The van der Waals surface area contributed by atoms with Gasteiger partial charge in [-0.15, -0.1) is 11.3 Å². The average Bonchev–Trinajstić information content (AvgIpc) is 2.97. The second-order valence-corrected chi connectivity index (χ2v) is 6.79. The summed E-state index contributed by atoms with van der Waals surface area (Å²) >= 11 is 3.75. The van der Waals surface area contributed by atoms with Crippen molar-refractivity contribution in [3.8, 4) is 11.3 Å². The zero-order valence-electron chi connectivity index (χ0n) is 11.1. The fraction of sp³-hybridized carbons (Fsp3) is 0.0588. The van der Waals surface area contributed by atoms with Crippen molar-refractivity contribution >= 4 is 39.7 Å². The summed E-state index contributed by atoms with van der Waals surface area (Å²) in [4.78, 5) is 16.8. The van der Waals surface area contributed by atoms with Crippen LogP contribution in [0, 0.1) is 3.57 Å². The van der Waals surface area contributed by atoms with E-state index >= 15 is 0 Å². The smallest absolute Gasteiger partial charge is 0.169 e. The molecule has 0 aliphatic heterocycles. The monoisotopic (exact) mass is 405 g/mol. The van der Waals surface area contributed by atoms with Crippen molar-refractivity contribution in [2.75, 3.05) is 0 Å². The lowest BCUT2D eigenvalue weighted by Crippen LogP contribution is -2.03. The van der Waals surface area contributed by atoms with Crippen LogP contribution in [0.2, 0.25) is 0 Å². The van der Waals surface area contributed by atoms with Crippen molar-refractivity contribution < 1.29 is 4.79 Å². The Labute approximate surface area is 141 Å². The summed E-state index contributed by atoms with van der Waals surface area (Å²) < 4.78 is 1.07. The second-order valence-electron chi connectivity index (χ2n) is 4.60. The van der Waals surface area contributed by atoms with Crippen LogP contribution in [0.5, 0.6) is 0 Å². The van der Waals surface area contributed by atoms with Crippen LogP contribution in [-0.2, 0) is 6.42 Å². The third-order valence-electron chi connectivity index (χ3n) is 3.08. The van der Waals surface area contributed by atoms with Crippen molar-refractivity contribution in [3.63, 3.8) is 0 Å². The normalized spacial score (nSPS) is 10.5. The molecule has 0 radical (unpaired) electrons. The maximum absolute atomic E-state index is 12.3. The fourth-order valence-electron chi connectivity index (χ4n) is 2.03. The van der Waals surface area contributed by atoms with Gasteiger partial charge in [-0.25, -0.2) is 4.98 Å². The molecule has 2 nitrogen and oxygen atoms in total. The summed E-state index contributed by atoms with van der Waals surface area (Å²) in [5, 5.41) is 2.87. The van der Waals surface area contributed by atoms with Gasteiger partial charge in [0.05, 0.1) is 12.1 Å². The van der Waals surface area contributed by atoms with E-state index in [1.807, 2.05) is 60.0 Å². The van der Waals surface area contributed by atoms with Crippen molar-refractivity contribution in [1.29, 1.82) is 0 Å². The molecule has 3 rings (SSSR count). The van der Waals surface area contributed by atoms with E-state index in [2.05, 4.69) is 27.6 Å².